The predicted octanol–water partition coefficient (Wildman–Crippen LogP) is 3.52. The first-order chi connectivity index (χ1) is 8.09. The van der Waals surface area contributed by atoms with E-state index in [1.165, 1.54) is 12.3 Å². The number of carbonyl (C=O) groups is 1. The van der Waals surface area contributed by atoms with Crippen LogP contribution in [0.15, 0.2) is 41.1 Å². The van der Waals surface area contributed by atoms with Crippen LogP contribution in [0.3, 0.4) is 0 Å². The van der Waals surface area contributed by atoms with Gasteiger partial charge in [-0.3, -0.25) is 9.78 Å². The molecule has 0 aliphatic heterocycles. The Balaban J connectivity index is 2.51. The first kappa shape index (κ1) is 11.9. The maximum atomic E-state index is 13.6. The lowest BCUT2D eigenvalue weighted by Crippen LogP contribution is -2.06. The fourth-order valence-corrected chi connectivity index (χ4v) is 2.06. The lowest BCUT2D eigenvalue weighted by molar-refractivity contribution is 0.103. The van der Waals surface area contributed by atoms with Crippen molar-refractivity contribution in [2.45, 2.75) is 6.92 Å². The van der Waals surface area contributed by atoms with Gasteiger partial charge in [-0.2, -0.15) is 0 Å². The minimum absolute atomic E-state index is 0.0416. The molecule has 0 unspecified atom stereocenters. The first-order valence-electron chi connectivity index (χ1n) is 5.00. The van der Waals surface area contributed by atoms with Crippen LogP contribution in [-0.4, -0.2) is 10.8 Å². The lowest BCUT2D eigenvalue weighted by atomic mass is 10.0. The molecule has 0 N–H and O–H groups in total. The van der Waals surface area contributed by atoms with Crippen LogP contribution in [0.1, 0.15) is 21.5 Å². The number of aromatic nitrogens is 1. The second-order valence-corrected chi connectivity index (χ2v) is 4.53. The van der Waals surface area contributed by atoms with Crippen LogP contribution >= 0.6 is 15.9 Å². The summed E-state index contributed by atoms with van der Waals surface area (Å²) in [5, 5.41) is 0. The monoisotopic (exact) mass is 293 g/mol. The van der Waals surface area contributed by atoms with Gasteiger partial charge in [-0.25, -0.2) is 4.39 Å². The SMILES string of the molecule is Cc1cncc(C(=O)c2c(F)cccc2Br)c1. The molecule has 1 heterocycles. The molecule has 17 heavy (non-hydrogen) atoms. The van der Waals surface area contributed by atoms with Crippen LogP contribution in [-0.2, 0) is 0 Å². The molecule has 86 valence electrons. The van der Waals surface area contributed by atoms with Gasteiger partial charge < -0.3 is 0 Å². The standard InChI is InChI=1S/C13H9BrFNO/c1-8-5-9(7-16-6-8)13(17)12-10(14)3-2-4-11(12)15/h2-7H,1H3. The van der Waals surface area contributed by atoms with E-state index in [4.69, 9.17) is 0 Å². The summed E-state index contributed by atoms with van der Waals surface area (Å²) in [5.41, 5.74) is 1.29. The first-order valence-corrected chi connectivity index (χ1v) is 5.79. The fraction of sp³-hybridized carbons (Fsp3) is 0.0769. The molecule has 0 aliphatic rings. The van der Waals surface area contributed by atoms with Gasteiger partial charge >= 0.3 is 0 Å². The van der Waals surface area contributed by atoms with E-state index < -0.39 is 5.82 Å². The van der Waals surface area contributed by atoms with Crippen molar-refractivity contribution in [1.82, 2.24) is 4.98 Å². The average molecular weight is 294 g/mol. The molecular weight excluding hydrogens is 285 g/mol. The Kier molecular flexibility index (Phi) is 3.33. The van der Waals surface area contributed by atoms with Crippen LogP contribution in [0.25, 0.3) is 0 Å². The molecule has 0 atom stereocenters. The van der Waals surface area contributed by atoms with Crippen molar-refractivity contribution in [2.75, 3.05) is 0 Å². The van der Waals surface area contributed by atoms with Crippen molar-refractivity contribution >= 4 is 21.7 Å². The highest BCUT2D eigenvalue weighted by molar-refractivity contribution is 9.10. The lowest BCUT2D eigenvalue weighted by Gasteiger charge is -2.05. The van der Waals surface area contributed by atoms with Gasteiger partial charge in [0.25, 0.3) is 0 Å². The highest BCUT2D eigenvalue weighted by atomic mass is 79.9. The number of benzene rings is 1. The molecule has 0 saturated heterocycles. The number of carbonyl (C=O) groups excluding carboxylic acids is 1. The Labute approximate surface area is 107 Å². The van der Waals surface area contributed by atoms with E-state index >= 15 is 0 Å². The van der Waals surface area contributed by atoms with Crippen molar-refractivity contribution in [3.8, 4) is 0 Å². The molecule has 0 fully saturated rings. The minimum atomic E-state index is -0.536. The predicted molar refractivity (Wildman–Crippen MR) is 66.5 cm³/mol. The van der Waals surface area contributed by atoms with Gasteiger partial charge in [0.2, 0.25) is 0 Å². The van der Waals surface area contributed by atoms with Crippen LogP contribution in [0.2, 0.25) is 0 Å². The zero-order valence-electron chi connectivity index (χ0n) is 9.08. The number of hydrogen-bond acceptors (Lipinski definition) is 2. The van der Waals surface area contributed by atoms with Gasteiger partial charge in [0.1, 0.15) is 5.82 Å². The maximum Gasteiger partial charge on any atom is 0.198 e. The van der Waals surface area contributed by atoms with Crippen LogP contribution in [0.5, 0.6) is 0 Å². The third kappa shape index (κ3) is 2.42. The molecule has 0 radical (unpaired) electrons. The molecule has 0 bridgehead atoms. The molecular formula is C13H9BrFNO. The van der Waals surface area contributed by atoms with Gasteiger partial charge in [-0.1, -0.05) is 6.07 Å². The van der Waals surface area contributed by atoms with E-state index in [1.54, 1.807) is 24.4 Å². The van der Waals surface area contributed by atoms with Crippen molar-refractivity contribution in [3.05, 3.63) is 63.6 Å². The molecule has 0 saturated carbocycles. The van der Waals surface area contributed by atoms with Crippen LogP contribution in [0, 0.1) is 12.7 Å². The minimum Gasteiger partial charge on any atom is -0.288 e. The molecule has 0 spiro atoms. The summed E-state index contributed by atoms with van der Waals surface area (Å²) in [7, 11) is 0. The second-order valence-electron chi connectivity index (χ2n) is 3.68. The smallest absolute Gasteiger partial charge is 0.198 e. The Bertz CT molecular complexity index is 563. The van der Waals surface area contributed by atoms with Gasteiger partial charge in [-0.05, 0) is 46.6 Å². The number of aryl methyl sites for hydroxylation is 1. The Morgan fingerprint density at radius 3 is 2.76 bits per heavy atom. The zero-order valence-corrected chi connectivity index (χ0v) is 10.7. The zero-order chi connectivity index (χ0) is 12.4. The summed E-state index contributed by atoms with van der Waals surface area (Å²) in [6, 6.07) is 6.14. The third-order valence-corrected chi connectivity index (χ3v) is 2.99. The molecule has 2 nitrogen and oxygen atoms in total. The van der Waals surface area contributed by atoms with Crippen LogP contribution in [0.4, 0.5) is 4.39 Å². The largest absolute Gasteiger partial charge is 0.288 e. The third-order valence-electron chi connectivity index (χ3n) is 2.33. The summed E-state index contributed by atoms with van der Waals surface area (Å²) in [4.78, 5) is 16.1. The number of ketones is 1. The van der Waals surface area contributed by atoms with Crippen LogP contribution < -0.4 is 0 Å². The highest BCUT2D eigenvalue weighted by Gasteiger charge is 2.17. The summed E-state index contributed by atoms with van der Waals surface area (Å²) in [5.74, 6) is -0.906. The van der Waals surface area contributed by atoms with E-state index in [0.29, 0.717) is 10.0 Å². The normalized spacial score (nSPS) is 10.3. The van der Waals surface area contributed by atoms with E-state index in [-0.39, 0.29) is 11.3 Å². The van der Waals surface area contributed by atoms with E-state index in [0.717, 1.165) is 5.56 Å². The van der Waals surface area contributed by atoms with E-state index in [9.17, 15) is 9.18 Å². The average Bonchev–Trinajstić information content (AvgIpc) is 2.28. The maximum absolute atomic E-state index is 13.6. The van der Waals surface area contributed by atoms with Crippen molar-refractivity contribution in [3.63, 3.8) is 0 Å². The number of nitrogens with zero attached hydrogens (tertiary/aromatic N) is 1. The molecule has 0 amide bonds. The molecule has 2 aromatic rings. The number of halogens is 2. The number of pyridine rings is 1. The molecule has 1 aromatic heterocycles. The molecule has 2 rings (SSSR count). The summed E-state index contributed by atoms with van der Waals surface area (Å²) in [6.07, 6.45) is 3.08. The van der Waals surface area contributed by atoms with Gasteiger partial charge in [0.05, 0.1) is 5.56 Å². The number of rotatable bonds is 2. The van der Waals surface area contributed by atoms with Crippen molar-refractivity contribution < 1.29 is 9.18 Å². The second kappa shape index (κ2) is 4.75. The Morgan fingerprint density at radius 1 is 1.35 bits per heavy atom. The highest BCUT2D eigenvalue weighted by Crippen LogP contribution is 2.22. The molecule has 4 heteroatoms. The fourth-order valence-electron chi connectivity index (χ4n) is 1.54. The van der Waals surface area contributed by atoms with E-state index in [2.05, 4.69) is 20.9 Å². The number of hydrogen-bond donors (Lipinski definition) is 0. The van der Waals surface area contributed by atoms with Gasteiger partial charge in [0.15, 0.2) is 5.78 Å². The topological polar surface area (TPSA) is 30.0 Å². The Morgan fingerprint density at radius 2 is 2.12 bits per heavy atom. The van der Waals surface area contributed by atoms with Crippen molar-refractivity contribution in [2.24, 2.45) is 0 Å². The summed E-state index contributed by atoms with van der Waals surface area (Å²) < 4.78 is 14.1. The molecule has 0 aliphatic carbocycles. The Hall–Kier alpha value is -1.55. The molecule has 1 aromatic carbocycles. The van der Waals surface area contributed by atoms with E-state index in [1.807, 2.05) is 6.92 Å². The van der Waals surface area contributed by atoms with Gasteiger partial charge in [0, 0.05) is 22.4 Å². The van der Waals surface area contributed by atoms with Crippen molar-refractivity contribution in [1.29, 1.82) is 0 Å². The van der Waals surface area contributed by atoms with Gasteiger partial charge in [-0.15, -0.1) is 0 Å². The summed E-state index contributed by atoms with van der Waals surface area (Å²) >= 11 is 3.18. The quantitative estimate of drug-likeness (QED) is 0.793. The summed E-state index contributed by atoms with van der Waals surface area (Å²) in [6.45, 7) is 1.83.